The Labute approximate surface area is 82.1 Å². The van der Waals surface area contributed by atoms with Gasteiger partial charge in [-0.05, 0) is 12.8 Å². The van der Waals surface area contributed by atoms with Crippen LogP contribution in [0.15, 0.2) is 12.2 Å². The molecule has 1 aliphatic carbocycles. The topological polar surface area (TPSA) is 38.3 Å². The number of amides is 1. The zero-order chi connectivity index (χ0) is 9.26. The Morgan fingerprint density at radius 2 is 2.38 bits per heavy atom. The Kier molecular flexibility index (Phi) is 2.44. The van der Waals surface area contributed by atoms with Gasteiger partial charge in [0.1, 0.15) is 6.10 Å². The molecule has 3 nitrogen and oxygen atoms in total. The molecule has 13 heavy (non-hydrogen) atoms. The second-order valence-electron chi connectivity index (χ2n) is 3.41. The van der Waals surface area contributed by atoms with Crippen molar-refractivity contribution in [3.8, 4) is 0 Å². The summed E-state index contributed by atoms with van der Waals surface area (Å²) < 4.78 is 5.09. The van der Waals surface area contributed by atoms with E-state index >= 15 is 0 Å². The van der Waals surface area contributed by atoms with Crippen LogP contribution in [-0.2, 0) is 4.74 Å². The van der Waals surface area contributed by atoms with Crippen LogP contribution in [0.2, 0.25) is 0 Å². The van der Waals surface area contributed by atoms with E-state index in [9.17, 15) is 4.79 Å². The van der Waals surface area contributed by atoms with Crippen LogP contribution in [0.1, 0.15) is 19.3 Å². The van der Waals surface area contributed by atoms with Gasteiger partial charge in [0.25, 0.3) is 0 Å². The number of rotatable bonds is 0. The molecule has 0 aromatic heterocycles. The van der Waals surface area contributed by atoms with E-state index in [2.05, 4.69) is 17.5 Å². The summed E-state index contributed by atoms with van der Waals surface area (Å²) in [6.45, 7) is 0. The van der Waals surface area contributed by atoms with Gasteiger partial charge >= 0.3 is 6.09 Å². The van der Waals surface area contributed by atoms with E-state index in [-0.39, 0.29) is 23.6 Å². The number of alkyl carbamates (subject to hydrolysis) is 1. The molecule has 4 heteroatoms. The maximum atomic E-state index is 11.0. The van der Waals surface area contributed by atoms with Crippen molar-refractivity contribution in [2.45, 2.75) is 36.8 Å². The molecule has 1 aliphatic heterocycles. The summed E-state index contributed by atoms with van der Waals surface area (Å²) >= 11 is 6.13. The number of ether oxygens (including phenoxy) is 1. The third kappa shape index (κ3) is 1.80. The third-order valence-electron chi connectivity index (χ3n) is 2.48. The fourth-order valence-electron chi connectivity index (χ4n) is 1.78. The van der Waals surface area contributed by atoms with Gasteiger partial charge in [-0.2, -0.15) is 0 Å². The lowest BCUT2D eigenvalue weighted by Crippen LogP contribution is -2.40. The van der Waals surface area contributed by atoms with Gasteiger partial charge in [0.15, 0.2) is 0 Å². The normalized spacial score (nSPS) is 41.0. The minimum absolute atomic E-state index is 0.0126. The average molecular weight is 202 g/mol. The number of nitrogens with one attached hydrogen (secondary N) is 1. The molecule has 3 atom stereocenters. The Morgan fingerprint density at radius 1 is 1.54 bits per heavy atom. The highest BCUT2D eigenvalue weighted by atomic mass is 35.5. The number of fused-ring (bicyclic) bond motifs is 1. The molecule has 1 amide bonds. The molecule has 3 unspecified atom stereocenters. The molecule has 0 aromatic rings. The summed E-state index contributed by atoms with van der Waals surface area (Å²) in [5.41, 5.74) is 0. The van der Waals surface area contributed by atoms with E-state index in [1.54, 1.807) is 0 Å². The van der Waals surface area contributed by atoms with Crippen molar-refractivity contribution in [1.82, 2.24) is 5.32 Å². The quantitative estimate of drug-likeness (QED) is 0.480. The van der Waals surface area contributed by atoms with Gasteiger partial charge in [-0.3, -0.25) is 0 Å². The minimum atomic E-state index is -0.337. The van der Waals surface area contributed by atoms with Crippen molar-refractivity contribution in [2.24, 2.45) is 0 Å². The highest BCUT2D eigenvalue weighted by Gasteiger charge is 2.38. The molecule has 1 heterocycles. The van der Waals surface area contributed by atoms with Gasteiger partial charge in [0.2, 0.25) is 0 Å². The van der Waals surface area contributed by atoms with E-state index in [0.29, 0.717) is 0 Å². The van der Waals surface area contributed by atoms with Gasteiger partial charge < -0.3 is 10.1 Å². The number of halogens is 1. The van der Waals surface area contributed by atoms with Crippen molar-refractivity contribution in [1.29, 1.82) is 0 Å². The zero-order valence-corrected chi connectivity index (χ0v) is 7.96. The van der Waals surface area contributed by atoms with Gasteiger partial charge in [-0.15, -0.1) is 11.6 Å². The molecule has 0 spiro atoms. The van der Waals surface area contributed by atoms with Crippen molar-refractivity contribution in [3.63, 3.8) is 0 Å². The Morgan fingerprint density at radius 3 is 3.23 bits per heavy atom. The van der Waals surface area contributed by atoms with E-state index in [0.717, 1.165) is 19.3 Å². The smallest absolute Gasteiger partial charge is 0.407 e. The first kappa shape index (κ1) is 8.88. The van der Waals surface area contributed by atoms with Crippen molar-refractivity contribution in [3.05, 3.63) is 12.2 Å². The lowest BCUT2D eigenvalue weighted by molar-refractivity contribution is 0.131. The summed E-state index contributed by atoms with van der Waals surface area (Å²) in [4.78, 5) is 11.0. The molecule has 0 aromatic carbocycles. The van der Waals surface area contributed by atoms with Crippen molar-refractivity contribution >= 4 is 17.7 Å². The highest BCUT2D eigenvalue weighted by molar-refractivity contribution is 6.21. The Bertz CT molecular complexity index is 242. The highest BCUT2D eigenvalue weighted by Crippen LogP contribution is 2.24. The molecular formula is C9H12ClNO2. The lowest BCUT2D eigenvalue weighted by atomic mass is 9.98. The van der Waals surface area contributed by atoms with Crippen LogP contribution >= 0.6 is 11.6 Å². The number of allylic oxidation sites excluding steroid dienone is 1. The first-order valence-corrected chi connectivity index (χ1v) is 4.97. The van der Waals surface area contributed by atoms with Crippen molar-refractivity contribution < 1.29 is 9.53 Å². The lowest BCUT2D eigenvalue weighted by Gasteiger charge is -2.21. The van der Waals surface area contributed by atoms with E-state index in [1.807, 2.05) is 0 Å². The first-order valence-electron chi connectivity index (χ1n) is 4.53. The van der Waals surface area contributed by atoms with Gasteiger partial charge in [-0.1, -0.05) is 12.2 Å². The number of carbonyl (C=O) groups is 1. The second-order valence-corrected chi connectivity index (χ2v) is 3.97. The third-order valence-corrected chi connectivity index (χ3v) is 2.97. The number of hydrogen-bond acceptors (Lipinski definition) is 2. The number of carbonyl (C=O) groups excluding carboxylic acids is 1. The Balaban J connectivity index is 2.12. The van der Waals surface area contributed by atoms with Crippen molar-refractivity contribution in [2.75, 3.05) is 0 Å². The Hall–Kier alpha value is -0.700. The van der Waals surface area contributed by atoms with Crippen LogP contribution < -0.4 is 5.32 Å². The molecule has 0 radical (unpaired) electrons. The molecular weight excluding hydrogens is 190 g/mol. The predicted octanol–water partition coefficient (Wildman–Crippen LogP) is 1.81. The summed E-state index contributed by atoms with van der Waals surface area (Å²) in [7, 11) is 0. The van der Waals surface area contributed by atoms with Crippen LogP contribution in [-0.4, -0.2) is 23.6 Å². The molecule has 2 rings (SSSR count). The van der Waals surface area contributed by atoms with Gasteiger partial charge in [0, 0.05) is 6.42 Å². The standard InChI is InChI=1S/C9H12ClNO2/c10-6-4-2-1-3-5-7-8(6)11-9(12)13-7/h1,3,6-8H,2,4-5H2,(H,11,12)/b3-1-. The molecule has 0 saturated carbocycles. The maximum Gasteiger partial charge on any atom is 0.407 e. The fourth-order valence-corrected chi connectivity index (χ4v) is 2.13. The van der Waals surface area contributed by atoms with Gasteiger partial charge in [0.05, 0.1) is 11.4 Å². The summed E-state index contributed by atoms with van der Waals surface area (Å²) in [6.07, 6.45) is 6.38. The second kappa shape index (κ2) is 3.58. The summed E-state index contributed by atoms with van der Waals surface area (Å²) in [6, 6.07) is -0.0147. The van der Waals surface area contributed by atoms with Crippen LogP contribution in [0.3, 0.4) is 0 Å². The maximum absolute atomic E-state index is 11.0. The minimum Gasteiger partial charge on any atom is -0.444 e. The molecule has 0 bridgehead atoms. The van der Waals surface area contributed by atoms with E-state index < -0.39 is 0 Å². The average Bonchev–Trinajstić information content (AvgIpc) is 2.43. The van der Waals surface area contributed by atoms with Gasteiger partial charge in [-0.25, -0.2) is 4.79 Å². The molecule has 2 aliphatic rings. The van der Waals surface area contributed by atoms with Crippen LogP contribution in [0.5, 0.6) is 0 Å². The predicted molar refractivity (Wildman–Crippen MR) is 49.8 cm³/mol. The monoisotopic (exact) mass is 201 g/mol. The molecule has 1 N–H and O–H groups in total. The summed E-state index contributed by atoms with van der Waals surface area (Å²) in [5.74, 6) is 0. The van der Waals surface area contributed by atoms with Crippen LogP contribution in [0, 0.1) is 0 Å². The summed E-state index contributed by atoms with van der Waals surface area (Å²) in [5, 5.41) is 2.73. The fraction of sp³-hybridized carbons (Fsp3) is 0.667. The number of alkyl halides is 1. The first-order chi connectivity index (χ1) is 6.27. The molecule has 72 valence electrons. The zero-order valence-electron chi connectivity index (χ0n) is 7.20. The van der Waals surface area contributed by atoms with E-state index in [4.69, 9.17) is 16.3 Å². The largest absolute Gasteiger partial charge is 0.444 e. The SMILES string of the molecule is O=C1NC2C(Cl)CC/C=C\CC2O1. The van der Waals surface area contributed by atoms with Crippen LogP contribution in [0.4, 0.5) is 4.79 Å². The van der Waals surface area contributed by atoms with E-state index in [1.165, 1.54) is 0 Å². The van der Waals surface area contributed by atoms with Crippen LogP contribution in [0.25, 0.3) is 0 Å². The number of hydrogen-bond donors (Lipinski definition) is 1. The molecule has 1 fully saturated rings. The molecule has 1 saturated heterocycles.